The smallest absolute Gasteiger partial charge is 0.279 e. The largest absolute Gasteiger partial charge is 0.481 e. The molecule has 0 saturated carbocycles. The predicted octanol–water partition coefficient (Wildman–Crippen LogP) is 3.23. The molecule has 5 nitrogen and oxygen atoms in total. The van der Waals surface area contributed by atoms with Crippen LogP contribution in [0, 0.1) is 12.7 Å². The number of carbonyl (C=O) groups is 2. The Morgan fingerprint density at radius 2 is 1.54 bits per heavy atom. The molecule has 2 N–H and O–H groups in total. The van der Waals surface area contributed by atoms with Crippen molar-refractivity contribution in [2.45, 2.75) is 37.0 Å². The molecule has 2 amide bonds. The average molecular weight is 376 g/mol. The Labute approximate surface area is 156 Å². The van der Waals surface area contributed by atoms with Gasteiger partial charge in [-0.3, -0.25) is 20.4 Å². The van der Waals surface area contributed by atoms with Crippen molar-refractivity contribution in [1.29, 1.82) is 0 Å². The first-order valence-corrected chi connectivity index (χ1v) is 8.98. The molecule has 2 aromatic rings. The number of hydrogen-bond donors (Lipinski definition) is 2. The van der Waals surface area contributed by atoms with Crippen LogP contribution in [-0.2, 0) is 9.59 Å². The molecule has 0 saturated heterocycles. The van der Waals surface area contributed by atoms with E-state index in [1.807, 2.05) is 31.2 Å². The highest BCUT2D eigenvalue weighted by Gasteiger charge is 2.18. The minimum Gasteiger partial charge on any atom is -0.481 e. The summed E-state index contributed by atoms with van der Waals surface area (Å²) in [5, 5.41) is -0.383. The third-order valence-corrected chi connectivity index (χ3v) is 4.62. The van der Waals surface area contributed by atoms with E-state index in [1.165, 1.54) is 43.0 Å². The molecule has 26 heavy (non-hydrogen) atoms. The molecule has 0 spiro atoms. The van der Waals surface area contributed by atoms with Crippen LogP contribution < -0.4 is 15.6 Å². The summed E-state index contributed by atoms with van der Waals surface area (Å²) in [4.78, 5) is 25.1. The lowest BCUT2D eigenvalue weighted by Crippen LogP contribution is -2.49. The molecule has 0 aliphatic rings. The first kappa shape index (κ1) is 19.8. The number of carbonyl (C=O) groups excluding carboxylic acids is 2. The quantitative estimate of drug-likeness (QED) is 0.600. The van der Waals surface area contributed by atoms with Gasteiger partial charge in [-0.2, -0.15) is 0 Å². The van der Waals surface area contributed by atoms with Gasteiger partial charge in [0.25, 0.3) is 11.8 Å². The fourth-order valence-electron chi connectivity index (χ4n) is 1.97. The first-order valence-electron chi connectivity index (χ1n) is 8.10. The molecule has 2 rings (SSSR count). The van der Waals surface area contributed by atoms with Gasteiger partial charge >= 0.3 is 0 Å². The van der Waals surface area contributed by atoms with E-state index < -0.39 is 12.0 Å². The predicted molar refractivity (Wildman–Crippen MR) is 99.3 cm³/mol. The van der Waals surface area contributed by atoms with Crippen molar-refractivity contribution in [2.75, 3.05) is 0 Å². The number of amides is 2. The lowest BCUT2D eigenvalue weighted by atomic mass is 10.2. The Morgan fingerprint density at radius 1 is 0.962 bits per heavy atom. The van der Waals surface area contributed by atoms with E-state index in [2.05, 4.69) is 10.9 Å². The molecule has 2 atom stereocenters. The summed E-state index contributed by atoms with van der Waals surface area (Å²) in [6, 6.07) is 13.2. The number of benzene rings is 2. The molecule has 0 heterocycles. The van der Waals surface area contributed by atoms with Gasteiger partial charge in [0.05, 0.1) is 5.25 Å². The Hall–Kier alpha value is -2.54. The van der Waals surface area contributed by atoms with E-state index in [1.54, 1.807) is 6.92 Å². The number of rotatable bonds is 6. The summed E-state index contributed by atoms with van der Waals surface area (Å²) in [5.74, 6) is -0.849. The van der Waals surface area contributed by atoms with Gasteiger partial charge in [0.1, 0.15) is 11.6 Å². The zero-order valence-corrected chi connectivity index (χ0v) is 15.6. The van der Waals surface area contributed by atoms with Crippen LogP contribution in [0.2, 0.25) is 0 Å². The van der Waals surface area contributed by atoms with Crippen LogP contribution in [0.1, 0.15) is 19.4 Å². The van der Waals surface area contributed by atoms with E-state index >= 15 is 0 Å². The van der Waals surface area contributed by atoms with Crippen LogP contribution >= 0.6 is 11.8 Å². The summed E-state index contributed by atoms with van der Waals surface area (Å²) in [7, 11) is 0. The van der Waals surface area contributed by atoms with Crippen LogP contribution in [0.15, 0.2) is 53.4 Å². The van der Waals surface area contributed by atoms with Crippen LogP contribution in [0.4, 0.5) is 4.39 Å². The van der Waals surface area contributed by atoms with Crippen molar-refractivity contribution in [2.24, 2.45) is 0 Å². The lowest BCUT2D eigenvalue weighted by molar-refractivity contribution is -0.132. The number of nitrogens with one attached hydrogen (secondary N) is 2. The Bertz CT molecular complexity index is 685. The second-order valence-electron chi connectivity index (χ2n) is 5.77. The normalized spacial score (nSPS) is 12.8. The third kappa shape index (κ3) is 6.07. The van der Waals surface area contributed by atoms with E-state index in [0.29, 0.717) is 5.75 Å². The van der Waals surface area contributed by atoms with Crippen LogP contribution in [0.3, 0.4) is 0 Å². The number of thioether (sulfide) groups is 1. The maximum absolute atomic E-state index is 12.9. The lowest BCUT2D eigenvalue weighted by Gasteiger charge is -2.17. The highest BCUT2D eigenvalue weighted by Crippen LogP contribution is 2.23. The van der Waals surface area contributed by atoms with Gasteiger partial charge < -0.3 is 4.74 Å². The molecule has 0 aromatic heterocycles. The van der Waals surface area contributed by atoms with Crippen molar-refractivity contribution in [3.8, 4) is 5.75 Å². The summed E-state index contributed by atoms with van der Waals surface area (Å²) in [6.45, 7) is 5.29. The third-order valence-electron chi connectivity index (χ3n) is 3.51. The standard InChI is InChI=1S/C19H21FN2O3S/c1-12-4-10-17(11-5-12)26-14(3)19(24)22-21-18(23)13(2)25-16-8-6-15(20)7-9-16/h4-11,13-14H,1-3H3,(H,21,23)(H,22,24)/t13-,14-/m1/s1. The minimum atomic E-state index is -0.846. The van der Waals surface area contributed by atoms with Crippen LogP contribution in [0.5, 0.6) is 5.75 Å². The van der Waals surface area contributed by atoms with Gasteiger partial charge in [-0.05, 0) is 57.2 Å². The molecule has 0 aliphatic carbocycles. The maximum atomic E-state index is 12.9. The minimum absolute atomic E-state index is 0.321. The van der Waals surface area contributed by atoms with Gasteiger partial charge in [-0.1, -0.05) is 17.7 Å². The number of ether oxygens (including phenoxy) is 1. The zero-order valence-electron chi connectivity index (χ0n) is 14.8. The summed E-state index contributed by atoms with van der Waals surface area (Å²) in [6.07, 6.45) is -0.846. The zero-order chi connectivity index (χ0) is 19.1. The van der Waals surface area contributed by atoms with Crippen molar-refractivity contribution < 1.29 is 18.7 Å². The van der Waals surface area contributed by atoms with Crippen LogP contribution in [0.25, 0.3) is 0 Å². The maximum Gasteiger partial charge on any atom is 0.279 e. The fourth-order valence-corrected chi connectivity index (χ4v) is 2.84. The van der Waals surface area contributed by atoms with Crippen molar-refractivity contribution >= 4 is 23.6 Å². The molecule has 0 unspecified atom stereocenters. The molecule has 7 heteroatoms. The Morgan fingerprint density at radius 3 is 2.15 bits per heavy atom. The van der Waals surface area contributed by atoms with Gasteiger partial charge in [-0.15, -0.1) is 11.8 Å². The molecule has 0 radical (unpaired) electrons. The second-order valence-corrected chi connectivity index (χ2v) is 7.18. The second kappa shape index (κ2) is 9.24. The van der Waals surface area contributed by atoms with E-state index in [0.717, 1.165) is 10.5 Å². The summed E-state index contributed by atoms with van der Waals surface area (Å²) in [5.41, 5.74) is 5.88. The molecular formula is C19H21FN2O3S. The Kier molecular flexibility index (Phi) is 7.03. The molecule has 0 fully saturated rings. The van der Waals surface area contributed by atoms with E-state index in [4.69, 9.17) is 4.74 Å². The van der Waals surface area contributed by atoms with Crippen molar-refractivity contribution in [3.63, 3.8) is 0 Å². The number of aryl methyl sites for hydroxylation is 1. The van der Waals surface area contributed by atoms with Crippen LogP contribution in [-0.4, -0.2) is 23.2 Å². The fraction of sp³-hybridized carbons (Fsp3) is 0.263. The molecule has 138 valence electrons. The van der Waals surface area contributed by atoms with Gasteiger partial charge in [0.2, 0.25) is 0 Å². The highest BCUT2D eigenvalue weighted by molar-refractivity contribution is 8.00. The molecule has 0 aliphatic heterocycles. The van der Waals surface area contributed by atoms with Gasteiger partial charge in [0.15, 0.2) is 6.10 Å². The summed E-state index contributed by atoms with van der Waals surface area (Å²) >= 11 is 1.39. The highest BCUT2D eigenvalue weighted by atomic mass is 32.2. The van der Waals surface area contributed by atoms with Gasteiger partial charge in [0, 0.05) is 4.90 Å². The van der Waals surface area contributed by atoms with Gasteiger partial charge in [-0.25, -0.2) is 4.39 Å². The van der Waals surface area contributed by atoms with E-state index in [-0.39, 0.29) is 17.0 Å². The topological polar surface area (TPSA) is 67.4 Å². The Balaban J connectivity index is 1.78. The van der Waals surface area contributed by atoms with Crippen molar-refractivity contribution in [1.82, 2.24) is 10.9 Å². The number of halogens is 1. The number of hydrazine groups is 1. The molecule has 0 bridgehead atoms. The SMILES string of the molecule is Cc1ccc(S[C@H](C)C(=O)NNC(=O)[C@@H](C)Oc2ccc(F)cc2)cc1. The van der Waals surface area contributed by atoms with E-state index in [9.17, 15) is 14.0 Å². The average Bonchev–Trinajstić information content (AvgIpc) is 2.63. The number of hydrogen-bond acceptors (Lipinski definition) is 4. The monoisotopic (exact) mass is 376 g/mol. The molecule has 2 aromatic carbocycles. The summed E-state index contributed by atoms with van der Waals surface area (Å²) < 4.78 is 18.3. The molecular weight excluding hydrogens is 355 g/mol. The van der Waals surface area contributed by atoms with Crippen molar-refractivity contribution in [3.05, 3.63) is 59.9 Å². The first-order chi connectivity index (χ1) is 12.3.